The topological polar surface area (TPSA) is 80.6 Å². The average Bonchev–Trinajstić information content (AvgIpc) is 3.24. The normalized spacial score (nSPS) is 10.4. The lowest BCUT2D eigenvalue weighted by molar-refractivity contribution is 0.0953. The van der Waals surface area contributed by atoms with Gasteiger partial charge in [0.15, 0.2) is 5.76 Å². The second-order valence-electron chi connectivity index (χ2n) is 6.28. The molecule has 0 spiro atoms. The zero-order valence-electron chi connectivity index (χ0n) is 15.8. The Morgan fingerprint density at radius 2 is 1.86 bits per heavy atom. The minimum Gasteiger partial charge on any atom is -0.496 e. The maximum Gasteiger partial charge on any atom is 0.291 e. The maximum absolute atomic E-state index is 12.4. The molecule has 0 unspecified atom stereocenters. The van der Waals surface area contributed by atoms with Crippen LogP contribution in [0.5, 0.6) is 5.75 Å². The van der Waals surface area contributed by atoms with Gasteiger partial charge in [0.2, 0.25) is 0 Å². The third-order valence-electron chi connectivity index (χ3n) is 4.35. The molecule has 3 aromatic rings. The summed E-state index contributed by atoms with van der Waals surface area (Å²) in [5, 5.41) is 5.69. The van der Waals surface area contributed by atoms with E-state index in [2.05, 4.69) is 10.6 Å². The van der Waals surface area contributed by atoms with Gasteiger partial charge >= 0.3 is 0 Å². The van der Waals surface area contributed by atoms with Crippen molar-refractivity contribution in [3.63, 3.8) is 0 Å². The van der Waals surface area contributed by atoms with Crippen molar-refractivity contribution in [1.29, 1.82) is 0 Å². The standard InChI is InChI=1S/C22H22N2O4/c1-15-14-17(9-10-18(15)24-22(26)20-8-5-13-28-20)21(25)23-12-11-16-6-3-4-7-19(16)27-2/h3-10,13-14H,11-12H2,1-2H3,(H,23,25)(H,24,26). The van der Waals surface area contributed by atoms with E-state index in [4.69, 9.17) is 9.15 Å². The molecule has 0 aliphatic rings. The summed E-state index contributed by atoms with van der Waals surface area (Å²) in [5.41, 5.74) is 3.00. The second kappa shape index (κ2) is 8.90. The lowest BCUT2D eigenvalue weighted by Gasteiger charge is -2.11. The number of hydrogen-bond donors (Lipinski definition) is 2. The van der Waals surface area contributed by atoms with Crippen LogP contribution in [0.25, 0.3) is 0 Å². The Kier molecular flexibility index (Phi) is 6.11. The Balaban J connectivity index is 1.58. The molecule has 0 saturated heterocycles. The monoisotopic (exact) mass is 378 g/mol. The highest BCUT2D eigenvalue weighted by Crippen LogP contribution is 2.19. The first-order valence-corrected chi connectivity index (χ1v) is 8.94. The van der Waals surface area contributed by atoms with E-state index in [1.54, 1.807) is 37.4 Å². The first kappa shape index (κ1) is 19.2. The molecule has 0 bridgehead atoms. The van der Waals surface area contributed by atoms with E-state index in [1.807, 2.05) is 31.2 Å². The highest BCUT2D eigenvalue weighted by atomic mass is 16.5. The zero-order valence-corrected chi connectivity index (χ0v) is 15.8. The van der Waals surface area contributed by atoms with Crippen LogP contribution in [-0.4, -0.2) is 25.5 Å². The molecule has 1 aromatic heterocycles. The van der Waals surface area contributed by atoms with Gasteiger partial charge in [-0.3, -0.25) is 9.59 Å². The smallest absolute Gasteiger partial charge is 0.291 e. The number of furan rings is 1. The molecule has 2 amide bonds. The van der Waals surface area contributed by atoms with Crippen molar-refractivity contribution < 1.29 is 18.7 Å². The van der Waals surface area contributed by atoms with Gasteiger partial charge in [0.1, 0.15) is 5.75 Å². The summed E-state index contributed by atoms with van der Waals surface area (Å²) in [6, 6.07) is 16.1. The molecule has 28 heavy (non-hydrogen) atoms. The van der Waals surface area contributed by atoms with Crippen molar-refractivity contribution >= 4 is 17.5 Å². The van der Waals surface area contributed by atoms with Crippen molar-refractivity contribution in [2.24, 2.45) is 0 Å². The van der Waals surface area contributed by atoms with Crippen molar-refractivity contribution in [2.45, 2.75) is 13.3 Å². The number of para-hydroxylation sites is 1. The van der Waals surface area contributed by atoms with E-state index in [0.717, 1.165) is 16.9 Å². The number of anilines is 1. The number of carbonyl (C=O) groups excluding carboxylic acids is 2. The number of nitrogens with one attached hydrogen (secondary N) is 2. The highest BCUT2D eigenvalue weighted by molar-refractivity contribution is 6.03. The first-order valence-electron chi connectivity index (χ1n) is 8.94. The third-order valence-corrected chi connectivity index (χ3v) is 4.35. The molecule has 3 rings (SSSR count). The Morgan fingerprint density at radius 3 is 2.57 bits per heavy atom. The molecular weight excluding hydrogens is 356 g/mol. The summed E-state index contributed by atoms with van der Waals surface area (Å²) in [4.78, 5) is 24.5. The number of hydrogen-bond acceptors (Lipinski definition) is 4. The highest BCUT2D eigenvalue weighted by Gasteiger charge is 2.12. The van der Waals surface area contributed by atoms with Gasteiger partial charge < -0.3 is 19.8 Å². The van der Waals surface area contributed by atoms with Crippen LogP contribution < -0.4 is 15.4 Å². The van der Waals surface area contributed by atoms with E-state index in [0.29, 0.717) is 24.2 Å². The van der Waals surface area contributed by atoms with Crippen molar-refractivity contribution in [2.75, 3.05) is 19.0 Å². The minimum absolute atomic E-state index is 0.165. The average molecular weight is 378 g/mol. The number of ether oxygens (including phenoxy) is 1. The van der Waals surface area contributed by atoms with Crippen molar-refractivity contribution in [1.82, 2.24) is 5.32 Å². The molecule has 0 fully saturated rings. The molecule has 2 N–H and O–H groups in total. The van der Waals surface area contributed by atoms with Gasteiger partial charge in [0.25, 0.3) is 11.8 Å². The molecule has 6 nitrogen and oxygen atoms in total. The Labute approximate surface area is 163 Å². The largest absolute Gasteiger partial charge is 0.496 e. The molecule has 0 aliphatic carbocycles. The van der Waals surface area contributed by atoms with E-state index in [9.17, 15) is 9.59 Å². The summed E-state index contributed by atoms with van der Waals surface area (Å²) in [6.07, 6.45) is 2.12. The summed E-state index contributed by atoms with van der Waals surface area (Å²) in [6.45, 7) is 2.33. The number of amides is 2. The van der Waals surface area contributed by atoms with Crippen LogP contribution in [-0.2, 0) is 6.42 Å². The molecule has 6 heteroatoms. The van der Waals surface area contributed by atoms with E-state index in [1.165, 1.54) is 6.26 Å². The molecule has 1 heterocycles. The number of rotatable bonds is 7. The molecule has 0 aliphatic heterocycles. The van der Waals surface area contributed by atoms with E-state index >= 15 is 0 Å². The maximum atomic E-state index is 12.4. The fourth-order valence-electron chi connectivity index (χ4n) is 2.86. The van der Waals surface area contributed by atoms with Crippen LogP contribution in [0.1, 0.15) is 32.0 Å². The summed E-state index contributed by atoms with van der Waals surface area (Å²) in [5.74, 6) is 0.547. The predicted molar refractivity (Wildman–Crippen MR) is 107 cm³/mol. The molecule has 144 valence electrons. The lowest BCUT2D eigenvalue weighted by atomic mass is 10.1. The second-order valence-corrected chi connectivity index (χ2v) is 6.28. The fraction of sp³-hybridized carbons (Fsp3) is 0.182. The van der Waals surface area contributed by atoms with Gasteiger partial charge in [-0.1, -0.05) is 18.2 Å². The summed E-state index contributed by atoms with van der Waals surface area (Å²) < 4.78 is 10.4. The van der Waals surface area contributed by atoms with Gasteiger partial charge in [-0.2, -0.15) is 0 Å². The van der Waals surface area contributed by atoms with Crippen molar-refractivity contribution in [3.05, 3.63) is 83.3 Å². The summed E-state index contributed by atoms with van der Waals surface area (Å²) in [7, 11) is 1.63. The Hall–Kier alpha value is -3.54. The van der Waals surface area contributed by atoms with Gasteiger partial charge in [-0.05, 0) is 60.9 Å². The molecule has 0 atom stereocenters. The Morgan fingerprint density at radius 1 is 1.04 bits per heavy atom. The van der Waals surface area contributed by atoms with Gasteiger partial charge in [0, 0.05) is 17.8 Å². The van der Waals surface area contributed by atoms with Crippen LogP contribution in [0.15, 0.2) is 65.3 Å². The Bertz CT molecular complexity index is 964. The van der Waals surface area contributed by atoms with Crippen LogP contribution in [0, 0.1) is 6.92 Å². The number of aryl methyl sites for hydroxylation is 1. The molecular formula is C22H22N2O4. The summed E-state index contributed by atoms with van der Waals surface area (Å²) >= 11 is 0. The zero-order chi connectivity index (χ0) is 19.9. The number of methoxy groups -OCH3 is 1. The van der Waals surface area contributed by atoms with Gasteiger partial charge in [0.05, 0.1) is 13.4 Å². The lowest BCUT2D eigenvalue weighted by Crippen LogP contribution is -2.26. The molecule has 0 radical (unpaired) electrons. The molecule has 2 aromatic carbocycles. The van der Waals surface area contributed by atoms with Gasteiger partial charge in [-0.25, -0.2) is 0 Å². The molecule has 0 saturated carbocycles. The van der Waals surface area contributed by atoms with E-state index < -0.39 is 0 Å². The van der Waals surface area contributed by atoms with Crippen LogP contribution in [0.4, 0.5) is 5.69 Å². The van der Waals surface area contributed by atoms with Gasteiger partial charge in [-0.15, -0.1) is 0 Å². The van der Waals surface area contributed by atoms with Crippen molar-refractivity contribution in [3.8, 4) is 5.75 Å². The minimum atomic E-state index is -0.331. The fourth-order valence-corrected chi connectivity index (χ4v) is 2.86. The predicted octanol–water partition coefficient (Wildman–Crippen LogP) is 3.82. The van der Waals surface area contributed by atoms with Crippen LogP contribution in [0.3, 0.4) is 0 Å². The van der Waals surface area contributed by atoms with Crippen LogP contribution >= 0.6 is 0 Å². The first-order chi connectivity index (χ1) is 13.6. The number of benzene rings is 2. The number of carbonyl (C=O) groups is 2. The van der Waals surface area contributed by atoms with E-state index in [-0.39, 0.29) is 17.6 Å². The quantitative estimate of drug-likeness (QED) is 0.655. The SMILES string of the molecule is COc1ccccc1CCNC(=O)c1ccc(NC(=O)c2ccco2)c(C)c1. The third kappa shape index (κ3) is 4.59. The van der Waals surface area contributed by atoms with Crippen LogP contribution in [0.2, 0.25) is 0 Å².